The van der Waals surface area contributed by atoms with E-state index in [9.17, 15) is 18.0 Å². The number of aromatic nitrogens is 2. The Kier molecular flexibility index (Phi) is 8.72. The Bertz CT molecular complexity index is 1710. The molecule has 1 N–H and O–H groups in total. The summed E-state index contributed by atoms with van der Waals surface area (Å²) in [6, 6.07) is 14.9. The van der Waals surface area contributed by atoms with Gasteiger partial charge in [-0.25, -0.2) is 23.7 Å². The van der Waals surface area contributed by atoms with Gasteiger partial charge in [0.15, 0.2) is 28.3 Å². The highest BCUT2D eigenvalue weighted by molar-refractivity contribution is 7.92. The number of rotatable bonds is 8. The van der Waals surface area contributed by atoms with Crippen LogP contribution >= 0.6 is 11.3 Å². The van der Waals surface area contributed by atoms with Gasteiger partial charge in [-0.3, -0.25) is 9.59 Å². The number of aryl methyl sites for hydroxylation is 1. The SMILES string of the molecule is Cn1cccc1C(=O)N1CCC(CC(=O)NOC2CCCCO2)(c2ccc(-c3ccc(-c4cnco4)cc3)s2)S(=O)(=O)CC1. The standard InChI is InChI=1S/C31H34N4O7S2/c1-34-14-4-5-24(34)30(37)35-15-13-31(44(38,39)18-16-35,19-28(36)33-42-29-6-2-3-17-40-29)27-12-11-26(43-27)23-9-7-22(8-10-23)25-20-32-21-41-25/h4-5,7-12,14,20-21,29H,2-3,6,13,15-19H2,1H3,(H,33,36). The first-order valence-electron chi connectivity index (χ1n) is 14.5. The molecule has 0 bridgehead atoms. The molecule has 0 saturated carbocycles. The van der Waals surface area contributed by atoms with Gasteiger partial charge in [-0.05, 0) is 49.1 Å². The van der Waals surface area contributed by atoms with Crippen LogP contribution in [0, 0.1) is 0 Å². The lowest BCUT2D eigenvalue weighted by atomic mass is 9.97. The van der Waals surface area contributed by atoms with Crippen LogP contribution in [0.2, 0.25) is 0 Å². The first kappa shape index (κ1) is 30.3. The normalized spacial score (nSPS) is 21.9. The molecule has 2 fully saturated rings. The Hall–Kier alpha value is -3.78. The first-order valence-corrected chi connectivity index (χ1v) is 17.0. The molecule has 232 valence electrons. The molecule has 2 saturated heterocycles. The van der Waals surface area contributed by atoms with Crippen LogP contribution < -0.4 is 5.48 Å². The van der Waals surface area contributed by atoms with Crippen LogP contribution in [0.15, 0.2) is 71.7 Å². The van der Waals surface area contributed by atoms with Crippen LogP contribution in [0.25, 0.3) is 21.8 Å². The van der Waals surface area contributed by atoms with E-state index in [4.69, 9.17) is 14.0 Å². The van der Waals surface area contributed by atoms with Crippen molar-refractivity contribution in [3.63, 3.8) is 0 Å². The minimum atomic E-state index is -3.92. The molecule has 2 aliphatic rings. The molecule has 4 aromatic rings. The molecule has 13 heteroatoms. The molecule has 1 aromatic carbocycles. The summed E-state index contributed by atoms with van der Waals surface area (Å²) in [6.45, 7) is 0.743. The summed E-state index contributed by atoms with van der Waals surface area (Å²) in [5, 5.41) is 0. The minimum absolute atomic E-state index is 0.0312. The molecule has 0 radical (unpaired) electrons. The van der Waals surface area contributed by atoms with Gasteiger partial charge < -0.3 is 18.6 Å². The van der Waals surface area contributed by atoms with Crippen molar-refractivity contribution >= 4 is 33.0 Å². The van der Waals surface area contributed by atoms with Gasteiger partial charge in [-0.15, -0.1) is 11.3 Å². The van der Waals surface area contributed by atoms with Crippen molar-refractivity contribution in [2.75, 3.05) is 25.4 Å². The smallest absolute Gasteiger partial charge is 0.270 e. The summed E-state index contributed by atoms with van der Waals surface area (Å²) in [7, 11) is -2.15. The van der Waals surface area contributed by atoms with Crippen molar-refractivity contribution in [1.82, 2.24) is 19.9 Å². The van der Waals surface area contributed by atoms with E-state index in [1.54, 1.807) is 47.1 Å². The maximum atomic E-state index is 14.2. The van der Waals surface area contributed by atoms with Gasteiger partial charge >= 0.3 is 0 Å². The van der Waals surface area contributed by atoms with Crippen molar-refractivity contribution in [3.8, 4) is 21.8 Å². The highest BCUT2D eigenvalue weighted by Crippen LogP contribution is 2.45. The number of hydrogen-bond donors (Lipinski definition) is 1. The molecule has 44 heavy (non-hydrogen) atoms. The third-order valence-electron chi connectivity index (χ3n) is 8.29. The second kappa shape index (κ2) is 12.7. The van der Waals surface area contributed by atoms with Gasteiger partial charge in [0.25, 0.3) is 5.91 Å². The topological polar surface area (TPSA) is 133 Å². The molecule has 2 amide bonds. The third kappa shape index (κ3) is 6.09. The number of carbonyl (C=O) groups is 2. The number of hydroxylamine groups is 1. The summed E-state index contributed by atoms with van der Waals surface area (Å²) in [5.74, 6) is -0.434. The average molecular weight is 639 g/mol. The van der Waals surface area contributed by atoms with E-state index in [1.807, 2.05) is 30.3 Å². The second-order valence-corrected chi connectivity index (χ2v) is 14.6. The first-order chi connectivity index (χ1) is 21.3. The molecule has 2 atom stereocenters. The van der Waals surface area contributed by atoms with E-state index in [2.05, 4.69) is 10.5 Å². The van der Waals surface area contributed by atoms with Crippen molar-refractivity contribution in [2.24, 2.45) is 7.05 Å². The lowest BCUT2D eigenvalue weighted by molar-refractivity contribution is -0.200. The Labute approximate surface area is 259 Å². The van der Waals surface area contributed by atoms with Crippen LogP contribution in [0.1, 0.15) is 47.5 Å². The largest absolute Gasteiger partial charge is 0.444 e. The molecule has 3 aromatic heterocycles. The summed E-state index contributed by atoms with van der Waals surface area (Å²) >= 11 is 1.34. The number of nitrogens with one attached hydrogen (secondary N) is 1. The monoisotopic (exact) mass is 638 g/mol. The number of thiophene rings is 1. The van der Waals surface area contributed by atoms with Gasteiger partial charge in [0, 0.05) is 54.7 Å². The quantitative estimate of drug-likeness (QED) is 0.279. The molecule has 11 nitrogen and oxygen atoms in total. The molecule has 0 aliphatic carbocycles. The number of sulfone groups is 1. The van der Waals surface area contributed by atoms with Crippen molar-refractivity contribution in [1.29, 1.82) is 0 Å². The maximum Gasteiger partial charge on any atom is 0.270 e. The zero-order valence-corrected chi connectivity index (χ0v) is 25.9. The second-order valence-electron chi connectivity index (χ2n) is 11.1. The van der Waals surface area contributed by atoms with E-state index in [0.29, 0.717) is 29.4 Å². The number of nitrogens with zero attached hydrogens (tertiary/aromatic N) is 3. The fourth-order valence-electron chi connectivity index (χ4n) is 5.74. The Balaban J connectivity index is 1.30. The van der Waals surface area contributed by atoms with Crippen molar-refractivity contribution in [2.45, 2.75) is 43.1 Å². The lowest BCUT2D eigenvalue weighted by Crippen LogP contribution is -2.43. The fourth-order valence-corrected chi connectivity index (χ4v) is 9.35. The average Bonchev–Trinajstić information content (AvgIpc) is 3.81. The minimum Gasteiger partial charge on any atom is -0.444 e. The number of oxazole rings is 1. The predicted octanol–water partition coefficient (Wildman–Crippen LogP) is 4.53. The van der Waals surface area contributed by atoms with Crippen LogP contribution in [0.5, 0.6) is 0 Å². The van der Waals surface area contributed by atoms with Crippen LogP contribution in [0.4, 0.5) is 0 Å². The number of ether oxygens (including phenoxy) is 1. The van der Waals surface area contributed by atoms with Crippen molar-refractivity contribution in [3.05, 3.63) is 77.9 Å². The summed E-state index contributed by atoms with van der Waals surface area (Å²) < 4.78 is 39.5. The molecule has 2 aliphatic heterocycles. The third-order valence-corrected chi connectivity index (χ3v) is 12.2. The fraction of sp³-hybridized carbons (Fsp3) is 0.387. The van der Waals surface area contributed by atoms with Crippen LogP contribution in [0.3, 0.4) is 0 Å². The van der Waals surface area contributed by atoms with E-state index >= 15 is 0 Å². The van der Waals surface area contributed by atoms with Gasteiger partial charge in [0.2, 0.25) is 5.91 Å². The lowest BCUT2D eigenvalue weighted by Gasteiger charge is -2.31. The number of benzene rings is 1. The van der Waals surface area contributed by atoms with E-state index < -0.39 is 26.8 Å². The Morgan fingerprint density at radius 2 is 1.93 bits per heavy atom. The van der Waals surface area contributed by atoms with Crippen LogP contribution in [-0.2, 0) is 36.0 Å². The van der Waals surface area contributed by atoms with Gasteiger partial charge in [0.05, 0.1) is 18.4 Å². The Morgan fingerprint density at radius 3 is 2.64 bits per heavy atom. The molecular weight excluding hydrogens is 604 g/mol. The highest BCUT2D eigenvalue weighted by atomic mass is 32.2. The molecule has 6 rings (SSSR count). The highest BCUT2D eigenvalue weighted by Gasteiger charge is 2.50. The summed E-state index contributed by atoms with van der Waals surface area (Å²) in [5.41, 5.74) is 4.69. The number of carbonyl (C=O) groups excluding carboxylic acids is 2. The maximum absolute atomic E-state index is 14.2. The number of amides is 2. The van der Waals surface area contributed by atoms with E-state index in [-0.39, 0.29) is 37.6 Å². The van der Waals surface area contributed by atoms with E-state index in [1.165, 1.54) is 17.7 Å². The van der Waals surface area contributed by atoms with Crippen molar-refractivity contribution < 1.29 is 32.0 Å². The number of hydrogen-bond acceptors (Lipinski definition) is 9. The van der Waals surface area contributed by atoms with Crippen LogP contribution in [-0.4, -0.2) is 66.4 Å². The molecule has 5 heterocycles. The molecular formula is C31H34N4O7S2. The van der Waals surface area contributed by atoms with Gasteiger partial charge in [-0.1, -0.05) is 24.3 Å². The molecule has 0 spiro atoms. The summed E-state index contributed by atoms with van der Waals surface area (Å²) in [6.07, 6.45) is 6.42. The summed E-state index contributed by atoms with van der Waals surface area (Å²) in [4.78, 5) is 39.2. The molecule has 2 unspecified atom stereocenters. The Morgan fingerprint density at radius 1 is 1.11 bits per heavy atom. The van der Waals surface area contributed by atoms with Gasteiger partial charge in [0.1, 0.15) is 10.4 Å². The zero-order chi connectivity index (χ0) is 30.7. The van der Waals surface area contributed by atoms with E-state index in [0.717, 1.165) is 28.8 Å². The van der Waals surface area contributed by atoms with Gasteiger partial charge in [-0.2, -0.15) is 0 Å². The zero-order valence-electron chi connectivity index (χ0n) is 24.3. The predicted molar refractivity (Wildman–Crippen MR) is 164 cm³/mol.